The highest BCUT2D eigenvalue weighted by Crippen LogP contribution is 2.19. The Morgan fingerprint density at radius 3 is 2.50 bits per heavy atom. The minimum absolute atomic E-state index is 0.0777. The van der Waals surface area contributed by atoms with Gasteiger partial charge in [-0.15, -0.1) is 0 Å². The number of benzene rings is 1. The van der Waals surface area contributed by atoms with Crippen molar-refractivity contribution in [3.8, 4) is 5.75 Å². The normalized spacial score (nSPS) is 12.1. The number of unbranched alkanes of at least 4 members (excludes halogenated alkanes) is 2. The van der Waals surface area contributed by atoms with Crippen LogP contribution in [0.3, 0.4) is 0 Å². The molecule has 1 aromatic rings. The lowest BCUT2D eigenvalue weighted by Gasteiger charge is -2.14. The monoisotopic (exact) mass is 250 g/mol. The first-order valence-electron chi connectivity index (χ1n) is 6.53. The summed E-state index contributed by atoms with van der Waals surface area (Å²) in [5.41, 5.74) is 1.06. The smallest absolute Gasteiger partial charge is 0.308 e. The van der Waals surface area contributed by atoms with E-state index in [2.05, 4.69) is 6.92 Å². The molecule has 3 nitrogen and oxygen atoms in total. The minimum atomic E-state index is -0.140. The third-order valence-corrected chi connectivity index (χ3v) is 3.11. The standard InChI is InChI=1S/C15H22O3/c1-3-4-5-6-13(15(17)18-2)11-12-7-9-14(16)10-8-12/h7-10,13,16H,3-6,11H2,1-2H3. The molecule has 100 valence electrons. The van der Waals surface area contributed by atoms with Crippen LogP contribution in [0.2, 0.25) is 0 Å². The van der Waals surface area contributed by atoms with Gasteiger partial charge in [-0.2, -0.15) is 0 Å². The number of phenols is 1. The van der Waals surface area contributed by atoms with E-state index < -0.39 is 0 Å². The Labute approximate surface area is 109 Å². The number of phenolic OH excluding ortho intramolecular Hbond substituents is 1. The van der Waals surface area contributed by atoms with Crippen molar-refractivity contribution < 1.29 is 14.6 Å². The van der Waals surface area contributed by atoms with Gasteiger partial charge < -0.3 is 9.84 Å². The van der Waals surface area contributed by atoms with Crippen molar-refractivity contribution in [1.29, 1.82) is 0 Å². The lowest BCUT2D eigenvalue weighted by Crippen LogP contribution is -2.18. The van der Waals surface area contributed by atoms with Crippen molar-refractivity contribution in [1.82, 2.24) is 0 Å². The molecule has 0 radical (unpaired) electrons. The molecule has 0 amide bonds. The van der Waals surface area contributed by atoms with Crippen LogP contribution in [0, 0.1) is 5.92 Å². The second-order valence-corrected chi connectivity index (χ2v) is 4.59. The van der Waals surface area contributed by atoms with Gasteiger partial charge in [0.25, 0.3) is 0 Å². The van der Waals surface area contributed by atoms with Gasteiger partial charge in [0.15, 0.2) is 0 Å². The fourth-order valence-electron chi connectivity index (χ4n) is 2.03. The van der Waals surface area contributed by atoms with E-state index in [1.54, 1.807) is 12.1 Å². The number of carbonyl (C=O) groups excluding carboxylic acids is 1. The molecule has 0 heterocycles. The number of esters is 1. The lowest BCUT2D eigenvalue weighted by molar-refractivity contribution is -0.145. The van der Waals surface area contributed by atoms with Crippen molar-refractivity contribution >= 4 is 5.97 Å². The van der Waals surface area contributed by atoms with Gasteiger partial charge in [-0.05, 0) is 30.5 Å². The van der Waals surface area contributed by atoms with Gasteiger partial charge in [0.05, 0.1) is 13.0 Å². The predicted octanol–water partition coefficient (Wildman–Crippen LogP) is 3.30. The number of aromatic hydroxyl groups is 1. The fourth-order valence-corrected chi connectivity index (χ4v) is 2.03. The van der Waals surface area contributed by atoms with Gasteiger partial charge in [0.1, 0.15) is 5.75 Å². The van der Waals surface area contributed by atoms with Gasteiger partial charge in [-0.1, -0.05) is 38.3 Å². The molecule has 18 heavy (non-hydrogen) atoms. The molecule has 0 aliphatic carbocycles. The molecule has 1 N–H and O–H groups in total. The number of methoxy groups -OCH3 is 1. The molecular weight excluding hydrogens is 228 g/mol. The maximum Gasteiger partial charge on any atom is 0.308 e. The molecule has 0 aliphatic rings. The highest BCUT2D eigenvalue weighted by molar-refractivity contribution is 5.72. The zero-order chi connectivity index (χ0) is 13.4. The van der Waals surface area contributed by atoms with Crippen LogP contribution in [0.25, 0.3) is 0 Å². The summed E-state index contributed by atoms with van der Waals surface area (Å²) in [7, 11) is 1.44. The average molecular weight is 250 g/mol. The predicted molar refractivity (Wildman–Crippen MR) is 71.5 cm³/mol. The van der Waals surface area contributed by atoms with Crippen molar-refractivity contribution in [3.63, 3.8) is 0 Å². The third kappa shape index (κ3) is 4.78. The second-order valence-electron chi connectivity index (χ2n) is 4.59. The van der Waals surface area contributed by atoms with Crippen LogP contribution < -0.4 is 0 Å². The molecule has 0 aromatic heterocycles. The molecule has 0 spiro atoms. The van der Waals surface area contributed by atoms with E-state index in [1.807, 2.05) is 12.1 Å². The van der Waals surface area contributed by atoms with E-state index in [9.17, 15) is 9.90 Å². The van der Waals surface area contributed by atoms with E-state index in [4.69, 9.17) is 4.74 Å². The van der Waals surface area contributed by atoms with Gasteiger partial charge in [-0.25, -0.2) is 0 Å². The Hall–Kier alpha value is -1.51. The number of hydrogen-bond donors (Lipinski definition) is 1. The summed E-state index contributed by atoms with van der Waals surface area (Å²) in [6.45, 7) is 2.15. The van der Waals surface area contributed by atoms with Crippen molar-refractivity contribution in [2.24, 2.45) is 5.92 Å². The van der Waals surface area contributed by atoms with Crippen molar-refractivity contribution in [3.05, 3.63) is 29.8 Å². The van der Waals surface area contributed by atoms with Gasteiger partial charge in [0.2, 0.25) is 0 Å². The Balaban J connectivity index is 2.59. The summed E-state index contributed by atoms with van der Waals surface area (Å²) < 4.78 is 4.85. The number of carbonyl (C=O) groups is 1. The summed E-state index contributed by atoms with van der Waals surface area (Å²) >= 11 is 0. The van der Waals surface area contributed by atoms with E-state index in [1.165, 1.54) is 7.11 Å². The molecular formula is C15H22O3. The Bertz CT molecular complexity index is 357. The maximum atomic E-state index is 11.7. The maximum absolute atomic E-state index is 11.7. The van der Waals surface area contributed by atoms with Crippen LogP contribution >= 0.6 is 0 Å². The molecule has 0 bridgehead atoms. The largest absolute Gasteiger partial charge is 0.508 e. The quantitative estimate of drug-likeness (QED) is 0.596. The summed E-state index contributed by atoms with van der Waals surface area (Å²) in [6.07, 6.45) is 4.88. The fraction of sp³-hybridized carbons (Fsp3) is 0.533. The average Bonchev–Trinajstić information content (AvgIpc) is 2.39. The molecule has 0 saturated carbocycles. The van der Waals surface area contributed by atoms with Crippen LogP contribution in [0.4, 0.5) is 0 Å². The first-order chi connectivity index (χ1) is 8.67. The van der Waals surface area contributed by atoms with Crippen LogP contribution in [-0.4, -0.2) is 18.2 Å². The van der Waals surface area contributed by atoms with E-state index in [-0.39, 0.29) is 17.6 Å². The lowest BCUT2D eigenvalue weighted by atomic mass is 9.94. The third-order valence-electron chi connectivity index (χ3n) is 3.11. The Kier molecular flexibility index (Phi) is 6.26. The molecule has 1 unspecified atom stereocenters. The van der Waals surface area contributed by atoms with Gasteiger partial charge >= 0.3 is 5.97 Å². The van der Waals surface area contributed by atoms with Crippen LogP contribution in [0.1, 0.15) is 38.2 Å². The summed E-state index contributed by atoms with van der Waals surface area (Å²) in [5, 5.41) is 9.23. The van der Waals surface area contributed by atoms with Gasteiger partial charge in [0, 0.05) is 0 Å². The van der Waals surface area contributed by atoms with E-state index in [0.29, 0.717) is 6.42 Å². The van der Waals surface area contributed by atoms with E-state index in [0.717, 1.165) is 31.2 Å². The molecule has 0 aliphatic heterocycles. The highest BCUT2D eigenvalue weighted by atomic mass is 16.5. The van der Waals surface area contributed by atoms with E-state index >= 15 is 0 Å². The SMILES string of the molecule is CCCCCC(Cc1ccc(O)cc1)C(=O)OC. The minimum Gasteiger partial charge on any atom is -0.508 e. The van der Waals surface area contributed by atoms with Crippen molar-refractivity contribution in [2.75, 3.05) is 7.11 Å². The van der Waals surface area contributed by atoms with Crippen LogP contribution in [-0.2, 0) is 16.0 Å². The molecule has 3 heteroatoms. The van der Waals surface area contributed by atoms with Gasteiger partial charge in [-0.3, -0.25) is 4.79 Å². The van der Waals surface area contributed by atoms with Crippen LogP contribution in [0.15, 0.2) is 24.3 Å². The topological polar surface area (TPSA) is 46.5 Å². The molecule has 0 fully saturated rings. The number of rotatable bonds is 7. The molecule has 0 saturated heterocycles. The zero-order valence-electron chi connectivity index (χ0n) is 11.2. The number of ether oxygens (including phenoxy) is 1. The Morgan fingerprint density at radius 2 is 1.94 bits per heavy atom. The molecule has 1 aromatic carbocycles. The number of hydrogen-bond acceptors (Lipinski definition) is 3. The molecule has 1 atom stereocenters. The zero-order valence-corrected chi connectivity index (χ0v) is 11.2. The molecule has 1 rings (SSSR count). The highest BCUT2D eigenvalue weighted by Gasteiger charge is 2.19. The summed E-state index contributed by atoms with van der Waals surface area (Å²) in [6, 6.07) is 7.00. The summed E-state index contributed by atoms with van der Waals surface area (Å²) in [4.78, 5) is 11.7. The van der Waals surface area contributed by atoms with Crippen molar-refractivity contribution in [2.45, 2.75) is 39.0 Å². The first kappa shape index (κ1) is 14.6. The summed E-state index contributed by atoms with van der Waals surface area (Å²) in [5.74, 6) is 0.0321. The first-order valence-corrected chi connectivity index (χ1v) is 6.53. The Morgan fingerprint density at radius 1 is 1.28 bits per heavy atom. The van der Waals surface area contributed by atoms with Crippen LogP contribution in [0.5, 0.6) is 5.75 Å². The second kappa shape index (κ2) is 7.75.